The van der Waals surface area contributed by atoms with Crippen molar-refractivity contribution in [3.05, 3.63) is 87.9 Å². The van der Waals surface area contributed by atoms with Gasteiger partial charge in [0.15, 0.2) is 0 Å². The summed E-state index contributed by atoms with van der Waals surface area (Å²) in [5, 5.41) is 3.50. The van der Waals surface area contributed by atoms with E-state index >= 15 is 0 Å². The Balaban J connectivity index is 2.15. The van der Waals surface area contributed by atoms with Crippen LogP contribution in [0.25, 0.3) is 0 Å². The Morgan fingerprint density at radius 2 is 1.57 bits per heavy atom. The zero-order valence-corrected chi connectivity index (χ0v) is 26.5. The molecular weight excluding hydrogens is 601 g/mol. The highest BCUT2D eigenvalue weighted by Crippen LogP contribution is 2.34. The molecule has 0 saturated heterocycles. The zero-order valence-electron chi connectivity index (χ0n) is 24.1. The molecule has 0 radical (unpaired) electrons. The third-order valence-electron chi connectivity index (χ3n) is 6.43. The van der Waals surface area contributed by atoms with Crippen molar-refractivity contribution >= 4 is 50.7 Å². The number of hydrogen-bond donors (Lipinski definition) is 1. The molecule has 0 saturated carbocycles. The van der Waals surface area contributed by atoms with Crippen molar-refractivity contribution in [3.8, 4) is 11.5 Å². The van der Waals surface area contributed by atoms with Crippen molar-refractivity contribution in [3.63, 3.8) is 0 Å². The third-order valence-corrected chi connectivity index (χ3v) is 8.26. The highest BCUT2D eigenvalue weighted by atomic mass is 35.5. The fraction of sp³-hybridized carbons (Fsp3) is 0.333. The van der Waals surface area contributed by atoms with Crippen LogP contribution in [0.1, 0.15) is 25.0 Å². The van der Waals surface area contributed by atoms with Gasteiger partial charge in [-0.1, -0.05) is 59.6 Å². The molecule has 2 amide bonds. The minimum Gasteiger partial charge on any atom is -0.497 e. The van der Waals surface area contributed by atoms with E-state index in [-0.39, 0.29) is 30.4 Å². The molecule has 0 fully saturated rings. The summed E-state index contributed by atoms with van der Waals surface area (Å²) in [7, 11) is -1.18. The van der Waals surface area contributed by atoms with Gasteiger partial charge in [-0.05, 0) is 43.7 Å². The van der Waals surface area contributed by atoms with Crippen molar-refractivity contribution in [2.75, 3.05) is 31.3 Å². The van der Waals surface area contributed by atoms with E-state index in [2.05, 4.69) is 5.32 Å². The van der Waals surface area contributed by atoms with Crippen LogP contribution in [0.5, 0.6) is 11.5 Å². The summed E-state index contributed by atoms with van der Waals surface area (Å²) in [6.45, 7) is 2.85. The van der Waals surface area contributed by atoms with Gasteiger partial charge < -0.3 is 19.7 Å². The first kappa shape index (κ1) is 33.0. The van der Waals surface area contributed by atoms with Gasteiger partial charge in [0, 0.05) is 40.7 Å². The number of anilines is 1. The van der Waals surface area contributed by atoms with Gasteiger partial charge in [-0.25, -0.2) is 8.42 Å². The maximum Gasteiger partial charge on any atom is 0.244 e. The van der Waals surface area contributed by atoms with E-state index in [1.165, 1.54) is 25.2 Å². The number of carbonyl (C=O) groups excluding carboxylic acids is 2. The van der Waals surface area contributed by atoms with Crippen LogP contribution < -0.4 is 19.1 Å². The average Bonchev–Trinajstić information content (AvgIpc) is 2.94. The highest BCUT2D eigenvalue weighted by molar-refractivity contribution is 7.92. The minimum absolute atomic E-state index is 0.106. The van der Waals surface area contributed by atoms with E-state index in [1.807, 2.05) is 44.2 Å². The molecule has 12 heteroatoms. The topological polar surface area (TPSA) is 105 Å². The predicted octanol–water partition coefficient (Wildman–Crippen LogP) is 4.94. The van der Waals surface area contributed by atoms with E-state index in [1.54, 1.807) is 30.3 Å². The largest absolute Gasteiger partial charge is 0.497 e. The number of amides is 2. The maximum atomic E-state index is 14.3. The van der Waals surface area contributed by atoms with Gasteiger partial charge in [0.2, 0.25) is 21.8 Å². The van der Waals surface area contributed by atoms with Crippen LogP contribution in [0.3, 0.4) is 0 Å². The number of hydrogen-bond acceptors (Lipinski definition) is 6. The Morgan fingerprint density at radius 3 is 2.12 bits per heavy atom. The number of nitrogens with zero attached hydrogens (tertiary/aromatic N) is 2. The van der Waals surface area contributed by atoms with Crippen molar-refractivity contribution in [1.29, 1.82) is 0 Å². The van der Waals surface area contributed by atoms with Gasteiger partial charge >= 0.3 is 0 Å². The highest BCUT2D eigenvalue weighted by Gasteiger charge is 2.34. The number of nitrogens with one attached hydrogen (secondary N) is 1. The number of benzene rings is 3. The van der Waals surface area contributed by atoms with Gasteiger partial charge in [0.05, 0.1) is 26.2 Å². The van der Waals surface area contributed by atoms with Gasteiger partial charge in [0.25, 0.3) is 0 Å². The predicted molar refractivity (Wildman–Crippen MR) is 166 cm³/mol. The Morgan fingerprint density at radius 1 is 0.929 bits per heavy atom. The number of rotatable bonds is 13. The Bertz CT molecular complexity index is 1480. The smallest absolute Gasteiger partial charge is 0.244 e. The second kappa shape index (κ2) is 14.6. The molecule has 9 nitrogen and oxygen atoms in total. The summed E-state index contributed by atoms with van der Waals surface area (Å²) in [6.07, 6.45) is 1.15. The Kier molecular flexibility index (Phi) is 11.5. The average molecular weight is 637 g/mol. The fourth-order valence-electron chi connectivity index (χ4n) is 4.37. The van der Waals surface area contributed by atoms with Crippen molar-refractivity contribution in [1.82, 2.24) is 10.2 Å². The molecule has 42 heavy (non-hydrogen) atoms. The van der Waals surface area contributed by atoms with Crippen LogP contribution in [0.2, 0.25) is 10.0 Å². The number of methoxy groups -OCH3 is 2. The van der Waals surface area contributed by atoms with Gasteiger partial charge in [-0.2, -0.15) is 0 Å². The van der Waals surface area contributed by atoms with E-state index in [4.69, 9.17) is 32.7 Å². The molecule has 0 heterocycles. The van der Waals surface area contributed by atoms with Crippen LogP contribution in [-0.4, -0.2) is 64.2 Å². The normalized spacial score (nSPS) is 12.0. The summed E-state index contributed by atoms with van der Waals surface area (Å²) >= 11 is 13.0. The van der Waals surface area contributed by atoms with Crippen LogP contribution in [0.4, 0.5) is 5.69 Å². The molecular formula is C30H35Cl2N3O6S. The molecule has 226 valence electrons. The monoisotopic (exact) mass is 635 g/mol. The molecule has 3 aromatic carbocycles. The second-order valence-corrected chi connectivity index (χ2v) is 12.6. The molecule has 0 bridgehead atoms. The molecule has 0 aliphatic rings. The number of halogens is 2. The van der Waals surface area contributed by atoms with Crippen molar-refractivity contribution < 1.29 is 27.5 Å². The molecule has 0 aliphatic heterocycles. The van der Waals surface area contributed by atoms with E-state index in [9.17, 15) is 18.0 Å². The maximum absolute atomic E-state index is 14.3. The molecule has 1 atom stereocenters. The first-order valence-corrected chi connectivity index (χ1v) is 15.7. The van der Waals surface area contributed by atoms with Crippen LogP contribution in [0.15, 0.2) is 66.7 Å². The van der Waals surface area contributed by atoms with Crippen LogP contribution >= 0.6 is 23.2 Å². The summed E-state index contributed by atoms with van der Waals surface area (Å²) in [4.78, 5) is 29.2. The lowest BCUT2D eigenvalue weighted by molar-refractivity contribution is -0.140. The lowest BCUT2D eigenvalue weighted by Gasteiger charge is -2.34. The second-order valence-electron chi connectivity index (χ2n) is 9.90. The van der Waals surface area contributed by atoms with E-state index in [0.29, 0.717) is 21.4 Å². The summed E-state index contributed by atoms with van der Waals surface area (Å²) in [6, 6.07) is 17.6. The van der Waals surface area contributed by atoms with Crippen molar-refractivity contribution in [2.45, 2.75) is 38.9 Å². The van der Waals surface area contributed by atoms with E-state index < -0.39 is 34.4 Å². The standard InChI is InChI=1S/C30H35Cl2N3O6S/c1-20(2)33-30(37)27(16-21-10-7-6-8-11-21)34(18-23-24(31)12-9-13-25(23)32)29(36)19-35(42(5,38)39)26-17-22(40-3)14-15-28(26)41-4/h6-15,17,20,27H,16,18-19H2,1-5H3,(H,33,37)/t27-/m0/s1. The molecule has 0 spiro atoms. The Hall–Kier alpha value is -3.47. The summed E-state index contributed by atoms with van der Waals surface area (Å²) < 4.78 is 37.8. The Labute approximate surface area is 257 Å². The number of sulfonamides is 1. The summed E-state index contributed by atoms with van der Waals surface area (Å²) in [5.41, 5.74) is 1.34. The third kappa shape index (κ3) is 8.53. The SMILES string of the molecule is COc1ccc(OC)c(N(CC(=O)N(Cc2c(Cl)cccc2Cl)[C@@H](Cc2ccccc2)C(=O)NC(C)C)S(C)(=O)=O)c1. The first-order valence-electron chi connectivity index (χ1n) is 13.1. The fourth-order valence-corrected chi connectivity index (χ4v) is 5.74. The van der Waals surface area contributed by atoms with Crippen LogP contribution in [-0.2, 0) is 32.6 Å². The summed E-state index contributed by atoms with van der Waals surface area (Å²) in [5.74, 6) is -0.477. The zero-order chi connectivity index (χ0) is 31.0. The molecule has 1 N–H and O–H groups in total. The quantitative estimate of drug-likeness (QED) is 0.285. The number of carbonyl (C=O) groups is 2. The van der Waals surface area contributed by atoms with Gasteiger partial charge in [0.1, 0.15) is 24.1 Å². The van der Waals surface area contributed by atoms with Crippen molar-refractivity contribution in [2.24, 2.45) is 0 Å². The van der Waals surface area contributed by atoms with Gasteiger partial charge in [-0.3, -0.25) is 13.9 Å². The molecule has 0 unspecified atom stereocenters. The minimum atomic E-state index is -4.02. The van der Waals surface area contributed by atoms with Gasteiger partial charge in [-0.15, -0.1) is 0 Å². The van der Waals surface area contributed by atoms with E-state index in [0.717, 1.165) is 16.1 Å². The molecule has 0 aromatic heterocycles. The molecule has 3 rings (SSSR count). The molecule has 3 aromatic rings. The lowest BCUT2D eigenvalue weighted by atomic mass is 10.0. The molecule has 0 aliphatic carbocycles. The number of ether oxygens (including phenoxy) is 2. The van der Waals surface area contributed by atoms with Crippen LogP contribution in [0, 0.1) is 0 Å². The lowest BCUT2D eigenvalue weighted by Crippen LogP contribution is -2.54. The first-order chi connectivity index (χ1) is 19.8.